The first-order valence-corrected chi connectivity index (χ1v) is 37.4. The third-order valence-electron chi connectivity index (χ3n) is 32.5. The molecule has 2 spiro atoms. The highest BCUT2D eigenvalue weighted by Crippen LogP contribution is 2.89. The fourth-order valence-electron chi connectivity index (χ4n) is 32.0. The van der Waals surface area contributed by atoms with E-state index in [2.05, 4.69) is 6.92 Å². The first kappa shape index (κ1) is 39.9. The summed E-state index contributed by atoms with van der Waals surface area (Å²) in [5.74, 6) is 0.111. The van der Waals surface area contributed by atoms with Crippen LogP contribution in [-0.4, -0.2) is 53.3 Å². The van der Waals surface area contributed by atoms with Crippen LogP contribution in [0.1, 0.15) is 125 Å². The number of hydrogen-bond donors (Lipinski definition) is 0. The molecule has 0 amide bonds. The number of rotatable bonds is 6. The van der Waals surface area contributed by atoms with Crippen molar-refractivity contribution < 1.29 is 19.1 Å². The van der Waals surface area contributed by atoms with E-state index in [-0.39, 0.29) is 12.6 Å². The fraction of sp³-hybridized carbons (Fsp3) is 0.282. The third-order valence-corrected chi connectivity index (χ3v) is 39.0. The van der Waals surface area contributed by atoms with Crippen LogP contribution in [0.25, 0.3) is 291 Å². The Morgan fingerprint density at radius 3 is 0.722 bits per heavy atom. The van der Waals surface area contributed by atoms with Gasteiger partial charge in [-0.25, -0.2) is 4.79 Å². The van der Waals surface area contributed by atoms with Crippen LogP contribution in [0.2, 0.25) is 0 Å². The molecule has 90 heavy (non-hydrogen) atoms. The lowest BCUT2D eigenvalue weighted by atomic mass is 9.46. The molecular formula is C85H41O4P. The highest BCUT2D eigenvalue weighted by Gasteiger charge is 2.88. The lowest BCUT2D eigenvalue weighted by Gasteiger charge is -2.55. The average Bonchev–Trinajstić information content (AvgIpc) is 1.38. The summed E-state index contributed by atoms with van der Waals surface area (Å²) in [6, 6.07) is 0. The Morgan fingerprint density at radius 1 is 0.322 bits per heavy atom. The van der Waals surface area contributed by atoms with Crippen molar-refractivity contribution in [3.8, 4) is 0 Å². The van der Waals surface area contributed by atoms with E-state index < -0.39 is 23.3 Å². The van der Waals surface area contributed by atoms with Gasteiger partial charge in [-0.15, -0.1) is 0 Å². The molecular weight excluding hydrogens is 1120 g/mol. The molecule has 28 aromatic carbocycles. The summed E-state index contributed by atoms with van der Waals surface area (Å²) in [5, 5.41) is 83.1. The second kappa shape index (κ2) is 10.1. The van der Waals surface area contributed by atoms with Gasteiger partial charge in [0.25, 0.3) is 0 Å². The smallest absolute Gasteiger partial charge is 0.344 e. The molecule has 28 aromatic rings. The maximum absolute atomic E-state index is 20.3. The van der Waals surface area contributed by atoms with Crippen molar-refractivity contribution >= 4 is 315 Å². The minimum atomic E-state index is -2.72. The summed E-state index contributed by atoms with van der Waals surface area (Å²) in [6.45, 7) is -0.414. The van der Waals surface area contributed by atoms with Crippen LogP contribution in [0.15, 0.2) is 0 Å². The zero-order valence-corrected chi connectivity index (χ0v) is 50.0. The van der Waals surface area contributed by atoms with Gasteiger partial charge in [-0.2, -0.15) is 0 Å². The van der Waals surface area contributed by atoms with Crippen molar-refractivity contribution in [3.05, 3.63) is 22.3 Å². The second-order valence-corrected chi connectivity index (χ2v) is 37.6. The van der Waals surface area contributed by atoms with Gasteiger partial charge in [0.15, 0.2) is 5.78 Å². The van der Waals surface area contributed by atoms with Gasteiger partial charge in [-0.3, -0.25) is 4.79 Å². The Kier molecular flexibility index (Phi) is 4.48. The molecule has 36 rings (SSSR count). The summed E-state index contributed by atoms with van der Waals surface area (Å²) in [7, 11) is 1.98. The van der Waals surface area contributed by atoms with E-state index >= 15 is 9.59 Å². The zero-order valence-electron chi connectivity index (χ0n) is 49.1. The molecule has 4 saturated carbocycles. The summed E-state index contributed by atoms with van der Waals surface area (Å²) in [4.78, 5) is 38.6. The zero-order chi connectivity index (χ0) is 55.7. The van der Waals surface area contributed by atoms with E-state index in [1.807, 2.05) is 7.11 Å². The molecule has 1 atom stereocenters. The molecule has 0 bridgehead atoms. The summed E-state index contributed by atoms with van der Waals surface area (Å²) < 4.78 is 15.7. The molecule has 0 radical (unpaired) electrons. The number of methoxy groups -OCH3 is 1. The maximum atomic E-state index is 20.3. The summed E-state index contributed by atoms with van der Waals surface area (Å²) in [6.07, 6.45) is 18.0. The summed E-state index contributed by atoms with van der Waals surface area (Å²) >= 11 is 0. The van der Waals surface area contributed by atoms with Gasteiger partial charge in [-0.1, -0.05) is 64.7 Å². The van der Waals surface area contributed by atoms with Crippen molar-refractivity contribution in [2.75, 3.05) is 13.7 Å². The van der Waals surface area contributed by atoms with Gasteiger partial charge in [0.1, 0.15) is 5.41 Å². The number of ether oxygens (including phenoxy) is 2. The molecule has 0 N–H and O–H groups in total. The fourth-order valence-corrected chi connectivity index (χ4v) is 40.0. The third kappa shape index (κ3) is 2.45. The van der Waals surface area contributed by atoms with Crippen LogP contribution < -0.4 is 0 Å². The Bertz CT molecular complexity index is 7840. The molecule has 0 saturated heterocycles. The van der Waals surface area contributed by atoms with Crippen molar-refractivity contribution in [3.63, 3.8) is 0 Å². The maximum Gasteiger partial charge on any atom is 0.344 e. The van der Waals surface area contributed by atoms with Crippen molar-refractivity contribution in [1.29, 1.82) is 0 Å². The monoisotopic (exact) mass is 1160 g/mol. The number of hydrogen-bond acceptors (Lipinski definition) is 4. The number of carbonyl (C=O) groups is 2. The quantitative estimate of drug-likeness (QED) is 0.0946. The second-order valence-electron chi connectivity index (χ2n) is 33.2. The van der Waals surface area contributed by atoms with Gasteiger partial charge >= 0.3 is 5.97 Å². The standard InChI is InChI=1S/C85H41O4P/c1-3-89-82(87)85(88-2)81(90(19-13-7-4-8-14-19,20-15-9-5-10-16-20)21-17-11-6-12-18-21)80(86)83-76-68-60-50-40-32-24-22-23-26-30-28(24)36-44-38(30)48-42-34(26)35-27(23)31-29-25(22)33(32)41-47-37(29)45-39(31)49-43(35)53-52(42)64-58(48)66-56(44)62(54(60)46(36)40)70(76)72(66)78-74(64)75-65(53)59(49)67-57(45)63-55(47)61(51(41)50)69(68)77(83)71(63)73(67)79(75)84(78,83)85/h19-21H,3-18H2,1-2H3. The molecule has 410 valence electrons. The molecule has 0 aliphatic heterocycles. The minimum Gasteiger partial charge on any atom is -0.464 e. The van der Waals surface area contributed by atoms with Crippen LogP contribution in [0.3, 0.4) is 0 Å². The lowest BCUT2D eigenvalue weighted by Crippen LogP contribution is -2.66. The Balaban J connectivity index is 0.999. The van der Waals surface area contributed by atoms with E-state index in [1.165, 1.54) is 231 Å². The van der Waals surface area contributed by atoms with Gasteiger partial charge < -0.3 is 9.47 Å². The van der Waals surface area contributed by atoms with E-state index in [9.17, 15) is 0 Å². The largest absolute Gasteiger partial charge is 0.464 e. The van der Waals surface area contributed by atoms with Crippen LogP contribution in [0, 0.1) is 0 Å². The van der Waals surface area contributed by atoms with Crippen molar-refractivity contribution in [1.82, 2.24) is 0 Å². The number of esters is 1. The Labute approximate surface area is 503 Å². The normalized spacial score (nSPS) is 25.8. The van der Waals surface area contributed by atoms with E-state index in [0.717, 1.165) is 43.8 Å². The summed E-state index contributed by atoms with van der Waals surface area (Å²) in [5.41, 5.74) is 2.20. The van der Waals surface area contributed by atoms with E-state index in [4.69, 9.17) is 9.47 Å². The van der Waals surface area contributed by atoms with Crippen molar-refractivity contribution in [2.45, 2.75) is 137 Å². The minimum absolute atomic E-state index is 0.239. The van der Waals surface area contributed by atoms with Crippen LogP contribution >= 0.6 is 6.89 Å². The first-order chi connectivity index (χ1) is 44.6. The predicted octanol–water partition coefficient (Wildman–Crippen LogP) is 22.0. The van der Waals surface area contributed by atoms with E-state index in [1.54, 1.807) is 140 Å². The molecule has 5 heteroatoms. The number of Topliss-reactive ketones (excluding diaryl/α,β-unsaturated/α-hetero) is 1. The van der Waals surface area contributed by atoms with E-state index in [0.29, 0.717) is 22.8 Å². The van der Waals surface area contributed by atoms with Crippen molar-refractivity contribution in [2.24, 2.45) is 0 Å². The average molecular weight is 1160 g/mol. The molecule has 0 aromatic heterocycles. The topological polar surface area (TPSA) is 52.6 Å². The number of benzene rings is 18. The SMILES string of the molecule is CCOC(=O)C1(OC)C(=P(C2CCCCC2)(C2CCCCC2)C2CCCCC2)C(=O)C23c4c5c6c7c8c9c(c%10c%11c2c2c4c4c%12c5c5c6c6c8c8c%13c9c9c%10c%10c%11c%11c2c2c4c4c%12c%12c5c5c6c8c6c8c%13c9c9c%10c%10c%11c2c2c4c4c%12c5c6c5c8c9c%10c2c45)C713. The van der Waals surface area contributed by atoms with Crippen LogP contribution in [0.4, 0.5) is 0 Å². The molecule has 8 aliphatic carbocycles. The van der Waals surface area contributed by atoms with Gasteiger partial charge in [0.2, 0.25) is 5.60 Å². The lowest BCUT2D eigenvalue weighted by molar-refractivity contribution is -0.166. The van der Waals surface area contributed by atoms with Gasteiger partial charge in [0.05, 0.1) is 12.0 Å². The first-order valence-electron chi connectivity index (χ1n) is 35.4. The van der Waals surface area contributed by atoms with Gasteiger partial charge in [0, 0.05) is 12.4 Å². The highest BCUT2D eigenvalue weighted by molar-refractivity contribution is 7.80. The highest BCUT2D eigenvalue weighted by atomic mass is 31.2. The number of carbonyl (C=O) groups excluding carboxylic acids is 2. The Hall–Kier alpha value is -8.14. The molecule has 1 unspecified atom stereocenters. The Morgan fingerprint density at radius 2 is 0.522 bits per heavy atom. The molecule has 8 aliphatic rings. The molecule has 4 nitrogen and oxygen atoms in total. The van der Waals surface area contributed by atoms with Gasteiger partial charge in [-0.05, 0) is 376 Å². The predicted molar refractivity (Wildman–Crippen MR) is 378 cm³/mol. The molecule has 0 heterocycles. The number of ketones is 1. The van der Waals surface area contributed by atoms with Crippen LogP contribution in [-0.2, 0) is 29.9 Å². The van der Waals surface area contributed by atoms with Crippen LogP contribution in [0.5, 0.6) is 0 Å². The molecule has 4 fully saturated rings.